The van der Waals surface area contributed by atoms with Gasteiger partial charge in [-0.1, -0.05) is 194 Å². The molecule has 60 heavy (non-hydrogen) atoms. The van der Waals surface area contributed by atoms with E-state index in [-0.39, 0.29) is 0 Å². The van der Waals surface area contributed by atoms with E-state index in [0.717, 1.165) is 0 Å². The van der Waals surface area contributed by atoms with E-state index in [1.165, 1.54) is 131 Å². The molecule has 0 bridgehead atoms. The summed E-state index contributed by atoms with van der Waals surface area (Å²) in [5.41, 5.74) is 12.3. The quantitative estimate of drug-likeness (QED) is 0.153. The van der Waals surface area contributed by atoms with E-state index >= 15 is 0 Å². The Morgan fingerprint density at radius 2 is 0.483 bits per heavy atom. The molecule has 0 nitrogen and oxygen atoms in total. The van der Waals surface area contributed by atoms with Gasteiger partial charge >= 0.3 is 0 Å². The van der Waals surface area contributed by atoms with E-state index in [4.69, 9.17) is 0 Å². The minimum atomic E-state index is 1.21. The van der Waals surface area contributed by atoms with Gasteiger partial charge in [0.2, 0.25) is 0 Å². The maximum atomic E-state index is 2.37. The van der Waals surface area contributed by atoms with Gasteiger partial charge < -0.3 is 0 Å². The molecule has 0 unspecified atom stereocenters. The van der Waals surface area contributed by atoms with E-state index in [2.05, 4.69) is 218 Å². The van der Waals surface area contributed by atoms with E-state index < -0.39 is 0 Å². The van der Waals surface area contributed by atoms with Gasteiger partial charge in [-0.25, -0.2) is 0 Å². The molecule has 0 heteroatoms. The number of hydrogen-bond acceptors (Lipinski definition) is 0. The molecule has 0 N–H and O–H groups in total. The van der Waals surface area contributed by atoms with Crippen molar-refractivity contribution in [2.75, 3.05) is 0 Å². The molecule has 13 aromatic carbocycles. The van der Waals surface area contributed by atoms with Crippen LogP contribution in [0.1, 0.15) is 0 Å². The number of benzene rings is 13. The monoisotopic (exact) mass is 756 g/mol. The Bertz CT molecular complexity index is 3810. The van der Waals surface area contributed by atoms with Crippen molar-refractivity contribution in [3.63, 3.8) is 0 Å². The third kappa shape index (κ3) is 5.04. The first-order chi connectivity index (χ1) is 29.7. The summed E-state index contributed by atoms with van der Waals surface area (Å²) >= 11 is 0. The van der Waals surface area contributed by atoms with Crippen LogP contribution in [0.25, 0.3) is 131 Å². The molecule has 0 aliphatic heterocycles. The van der Waals surface area contributed by atoms with Crippen molar-refractivity contribution in [2.45, 2.75) is 0 Å². The highest BCUT2D eigenvalue weighted by Crippen LogP contribution is 2.44. The van der Waals surface area contributed by atoms with Crippen molar-refractivity contribution >= 4 is 75.4 Å². The molecule has 0 heterocycles. The molecule has 0 aliphatic carbocycles. The maximum absolute atomic E-state index is 2.37. The summed E-state index contributed by atoms with van der Waals surface area (Å²) in [5.74, 6) is 0. The van der Waals surface area contributed by atoms with Crippen molar-refractivity contribution in [2.24, 2.45) is 0 Å². The zero-order valence-corrected chi connectivity index (χ0v) is 32.8. The van der Waals surface area contributed by atoms with Crippen LogP contribution in [0.2, 0.25) is 0 Å². The largest absolute Gasteiger partial charge is 0.0616 e. The molecule has 0 atom stereocenters. The van der Waals surface area contributed by atoms with Crippen molar-refractivity contribution in [3.05, 3.63) is 218 Å². The molecule has 0 aliphatic rings. The highest BCUT2D eigenvalue weighted by atomic mass is 14.2. The van der Waals surface area contributed by atoms with Crippen LogP contribution in [0.15, 0.2) is 218 Å². The molecule has 276 valence electrons. The second-order valence-corrected chi connectivity index (χ2v) is 16.4. The Morgan fingerprint density at radius 1 is 0.167 bits per heavy atom. The van der Waals surface area contributed by atoms with Crippen LogP contribution >= 0.6 is 0 Å². The average Bonchev–Trinajstić information content (AvgIpc) is 3.32. The summed E-state index contributed by atoms with van der Waals surface area (Å²) in [5, 5.41) is 18.2. The van der Waals surface area contributed by atoms with Crippen LogP contribution in [0.3, 0.4) is 0 Å². The van der Waals surface area contributed by atoms with Crippen molar-refractivity contribution in [1.82, 2.24) is 0 Å². The fourth-order valence-corrected chi connectivity index (χ4v) is 10.3. The van der Waals surface area contributed by atoms with Crippen LogP contribution in [0, 0.1) is 0 Å². The SMILES string of the molecule is c1cc(-c2cccc(-c3ccc4ccc5cccc6ccc3c4c56)c2)cc(-c2cccc(-c3ccc4ccc5c(-c6ccc7ccccc7c6)ccc6ccc3c4c65)c2)c1. The fraction of sp³-hybridized carbons (Fsp3) is 0. The lowest BCUT2D eigenvalue weighted by molar-refractivity contribution is 1.58. The summed E-state index contributed by atoms with van der Waals surface area (Å²) in [6.45, 7) is 0. The number of rotatable bonds is 5. The normalized spacial score (nSPS) is 12.0. The van der Waals surface area contributed by atoms with E-state index in [1.54, 1.807) is 0 Å². The summed E-state index contributed by atoms with van der Waals surface area (Å²) in [4.78, 5) is 0. The molecule has 0 radical (unpaired) electrons. The van der Waals surface area contributed by atoms with Gasteiger partial charge in [-0.05, 0) is 155 Å². The third-order valence-corrected chi connectivity index (χ3v) is 13.1. The second-order valence-electron chi connectivity index (χ2n) is 16.4. The lowest BCUT2D eigenvalue weighted by atomic mass is 9.86. The van der Waals surface area contributed by atoms with Crippen LogP contribution in [-0.4, -0.2) is 0 Å². The van der Waals surface area contributed by atoms with Crippen molar-refractivity contribution < 1.29 is 0 Å². The van der Waals surface area contributed by atoms with Gasteiger partial charge in [0.1, 0.15) is 0 Å². The van der Waals surface area contributed by atoms with Crippen LogP contribution < -0.4 is 0 Å². The molecule has 0 saturated heterocycles. The van der Waals surface area contributed by atoms with E-state index in [0.29, 0.717) is 0 Å². The van der Waals surface area contributed by atoms with Gasteiger partial charge in [-0.15, -0.1) is 0 Å². The molecular weight excluding hydrogens is 721 g/mol. The predicted octanol–water partition coefficient (Wildman–Crippen LogP) is 17.0. The Morgan fingerprint density at radius 3 is 0.983 bits per heavy atom. The summed E-state index contributed by atoms with van der Waals surface area (Å²) in [6, 6.07) is 81.4. The number of fused-ring (bicyclic) bond motifs is 1. The Labute approximate surface area is 347 Å². The third-order valence-electron chi connectivity index (χ3n) is 13.1. The summed E-state index contributed by atoms with van der Waals surface area (Å²) in [6.07, 6.45) is 0. The molecule has 0 aromatic heterocycles. The Kier molecular flexibility index (Phi) is 7.11. The molecule has 13 aromatic rings. The second kappa shape index (κ2) is 12.9. The molecule has 0 saturated carbocycles. The van der Waals surface area contributed by atoms with Gasteiger partial charge in [0.25, 0.3) is 0 Å². The van der Waals surface area contributed by atoms with Crippen LogP contribution in [-0.2, 0) is 0 Å². The maximum Gasteiger partial charge on any atom is -0.00203 e. The first-order valence-corrected chi connectivity index (χ1v) is 20.9. The fourth-order valence-electron chi connectivity index (χ4n) is 10.3. The first-order valence-electron chi connectivity index (χ1n) is 20.9. The molecule has 0 spiro atoms. The molecule has 0 amide bonds. The predicted molar refractivity (Wildman–Crippen MR) is 259 cm³/mol. The smallest absolute Gasteiger partial charge is 0.00203 e. The first kappa shape index (κ1) is 33.2. The lowest BCUT2D eigenvalue weighted by Crippen LogP contribution is -1.90. The van der Waals surface area contributed by atoms with Gasteiger partial charge in [-0.3, -0.25) is 0 Å². The van der Waals surface area contributed by atoms with Crippen LogP contribution in [0.4, 0.5) is 0 Å². The molecular formula is C60H36. The molecule has 13 rings (SSSR count). The van der Waals surface area contributed by atoms with E-state index in [1.807, 2.05) is 0 Å². The standard InChI is InChI=1S/C60H36/c1-2-8-43-34-50(20-17-37(43)7-1)53-29-23-42-25-31-55-52(28-22-41-26-32-56(53)60(42)59(41)55)49-16-6-14-47(36-49)45-12-4-11-44(33-45)46-13-5-15-48(35-46)51-27-21-40-19-18-38-9-3-10-39-24-30-54(51)58(40)57(38)39/h1-36H. The van der Waals surface area contributed by atoms with Gasteiger partial charge in [0, 0.05) is 0 Å². The summed E-state index contributed by atoms with van der Waals surface area (Å²) < 4.78 is 0. The Balaban J connectivity index is 0.889. The van der Waals surface area contributed by atoms with Gasteiger partial charge in [0.15, 0.2) is 0 Å². The lowest BCUT2D eigenvalue weighted by Gasteiger charge is -2.17. The van der Waals surface area contributed by atoms with Crippen molar-refractivity contribution in [1.29, 1.82) is 0 Å². The summed E-state index contributed by atoms with van der Waals surface area (Å²) in [7, 11) is 0. The highest BCUT2D eigenvalue weighted by molar-refractivity contribution is 6.28. The average molecular weight is 757 g/mol. The van der Waals surface area contributed by atoms with E-state index in [9.17, 15) is 0 Å². The topological polar surface area (TPSA) is 0 Å². The zero-order chi connectivity index (χ0) is 39.3. The van der Waals surface area contributed by atoms with Crippen molar-refractivity contribution in [3.8, 4) is 55.6 Å². The number of hydrogen-bond donors (Lipinski definition) is 0. The van der Waals surface area contributed by atoms with Gasteiger partial charge in [-0.2, -0.15) is 0 Å². The minimum Gasteiger partial charge on any atom is -0.0616 e. The molecule has 0 fully saturated rings. The minimum absolute atomic E-state index is 1.21. The zero-order valence-electron chi connectivity index (χ0n) is 32.8. The van der Waals surface area contributed by atoms with Crippen LogP contribution in [0.5, 0.6) is 0 Å². The van der Waals surface area contributed by atoms with Gasteiger partial charge in [0.05, 0.1) is 0 Å². The Hall–Kier alpha value is -7.80. The highest BCUT2D eigenvalue weighted by Gasteiger charge is 2.17.